The van der Waals surface area contributed by atoms with Crippen molar-refractivity contribution in [2.24, 2.45) is 11.8 Å². The van der Waals surface area contributed by atoms with E-state index < -0.39 is 29.8 Å². The van der Waals surface area contributed by atoms with Crippen LogP contribution in [0.25, 0.3) is 0 Å². The molecule has 1 heterocycles. The molecule has 3 atom stereocenters. The summed E-state index contributed by atoms with van der Waals surface area (Å²) in [5.41, 5.74) is 0.226. The van der Waals surface area contributed by atoms with E-state index in [4.69, 9.17) is 14.2 Å². The number of hydrogen-bond acceptors (Lipinski definition) is 7. The molecule has 2 aromatic rings. The summed E-state index contributed by atoms with van der Waals surface area (Å²) in [4.78, 5) is 57.7. The van der Waals surface area contributed by atoms with E-state index in [1.165, 1.54) is 4.90 Å². The van der Waals surface area contributed by atoms with Gasteiger partial charge in [0, 0.05) is 20.2 Å². The molecule has 45 heavy (non-hydrogen) atoms. The summed E-state index contributed by atoms with van der Waals surface area (Å²) in [6.07, 6.45) is 0.773. The smallest absolute Gasteiger partial charge is 0.255 e. The summed E-state index contributed by atoms with van der Waals surface area (Å²) < 4.78 is 17.1. The summed E-state index contributed by atoms with van der Waals surface area (Å²) in [5.74, 6) is 0.212. The molecule has 11 heteroatoms. The quantitative estimate of drug-likeness (QED) is 0.388. The van der Waals surface area contributed by atoms with Crippen LogP contribution in [0.5, 0.6) is 17.2 Å². The fourth-order valence-corrected chi connectivity index (χ4v) is 5.23. The maximum Gasteiger partial charge on any atom is 0.255 e. The average molecular weight is 625 g/mol. The van der Waals surface area contributed by atoms with E-state index >= 15 is 0 Å². The first-order valence-corrected chi connectivity index (χ1v) is 15.5. The summed E-state index contributed by atoms with van der Waals surface area (Å²) in [5, 5.41) is 5.50. The molecule has 0 fully saturated rings. The van der Waals surface area contributed by atoms with E-state index in [1.807, 2.05) is 13.8 Å². The van der Waals surface area contributed by atoms with Crippen LogP contribution in [0.2, 0.25) is 0 Å². The van der Waals surface area contributed by atoms with E-state index in [2.05, 4.69) is 24.5 Å². The second kappa shape index (κ2) is 16.7. The van der Waals surface area contributed by atoms with Crippen molar-refractivity contribution in [3.05, 3.63) is 54.1 Å². The number of methoxy groups -OCH3 is 1. The molecule has 0 radical (unpaired) electrons. The molecule has 1 aliphatic rings. The van der Waals surface area contributed by atoms with Gasteiger partial charge in [-0.15, -0.1) is 0 Å². The van der Waals surface area contributed by atoms with Crippen LogP contribution in [0.3, 0.4) is 0 Å². The highest BCUT2D eigenvalue weighted by molar-refractivity contribution is 6.01. The van der Waals surface area contributed by atoms with Crippen LogP contribution in [0, 0.1) is 11.8 Å². The summed E-state index contributed by atoms with van der Waals surface area (Å²) in [7, 11) is 4.87. The molecule has 2 aromatic carbocycles. The number of rotatable bonds is 10. The molecule has 246 valence electrons. The molecular formula is C34H48N4O7. The number of carbonyl (C=O) groups excluding carboxylic acids is 4. The Labute approximate surface area is 266 Å². The van der Waals surface area contributed by atoms with Crippen molar-refractivity contribution >= 4 is 23.6 Å². The van der Waals surface area contributed by atoms with Crippen molar-refractivity contribution in [3.8, 4) is 17.2 Å². The topological polar surface area (TPSA) is 127 Å². The van der Waals surface area contributed by atoms with Gasteiger partial charge < -0.3 is 34.6 Å². The van der Waals surface area contributed by atoms with Crippen molar-refractivity contribution in [3.63, 3.8) is 0 Å². The van der Waals surface area contributed by atoms with Gasteiger partial charge in [0.25, 0.3) is 5.91 Å². The van der Waals surface area contributed by atoms with Crippen LogP contribution in [-0.2, 0) is 14.4 Å². The zero-order valence-corrected chi connectivity index (χ0v) is 27.5. The largest absolute Gasteiger partial charge is 0.497 e. The van der Waals surface area contributed by atoms with Crippen molar-refractivity contribution in [2.45, 2.75) is 65.1 Å². The Morgan fingerprint density at radius 3 is 2.36 bits per heavy atom. The third kappa shape index (κ3) is 10.1. The van der Waals surface area contributed by atoms with Crippen LogP contribution in [-0.4, -0.2) is 92.5 Å². The second-order valence-electron chi connectivity index (χ2n) is 12.2. The molecule has 0 aliphatic carbocycles. The Balaban J connectivity index is 1.88. The number of fused-ring (bicyclic) bond motifs is 1. The molecule has 0 bridgehead atoms. The number of ether oxygens (including phenoxy) is 3. The number of likely N-dealkylation sites (N-methyl/N-ethyl adjacent to an activating group) is 2. The molecule has 0 unspecified atom stereocenters. The Kier molecular flexibility index (Phi) is 13.1. The monoisotopic (exact) mass is 624 g/mol. The third-order valence-electron chi connectivity index (χ3n) is 7.75. The van der Waals surface area contributed by atoms with Gasteiger partial charge in [0.1, 0.15) is 42.5 Å². The number of nitrogens with one attached hydrogen (secondary N) is 2. The van der Waals surface area contributed by atoms with E-state index in [0.29, 0.717) is 30.1 Å². The lowest BCUT2D eigenvalue weighted by Gasteiger charge is -2.37. The predicted molar refractivity (Wildman–Crippen MR) is 171 cm³/mol. The fourth-order valence-electron chi connectivity index (χ4n) is 5.23. The SMILES string of the molecule is COc1cccc(OCCNC(=O)[C@@H]2CC(=O)N(C)[C@@H](CC(C)C)C(=O)N(C)[C@H](CC(C)C)COc3ccccc3C(=O)N2)c1. The molecule has 2 N–H and O–H groups in total. The lowest BCUT2D eigenvalue weighted by molar-refractivity contribution is -0.147. The van der Waals surface area contributed by atoms with E-state index in [9.17, 15) is 19.2 Å². The number of amides is 4. The van der Waals surface area contributed by atoms with E-state index in [-0.39, 0.29) is 55.5 Å². The first-order chi connectivity index (χ1) is 21.4. The molecule has 0 spiro atoms. The number of benzene rings is 2. The number of para-hydroxylation sites is 1. The first-order valence-electron chi connectivity index (χ1n) is 15.5. The minimum absolute atomic E-state index is 0.122. The lowest BCUT2D eigenvalue weighted by atomic mass is 9.98. The Hall–Kier alpha value is -4.28. The molecule has 0 saturated heterocycles. The van der Waals surface area contributed by atoms with Gasteiger partial charge in [0.05, 0.1) is 31.7 Å². The summed E-state index contributed by atoms with van der Waals surface area (Å²) >= 11 is 0. The zero-order chi connectivity index (χ0) is 33.1. The van der Waals surface area contributed by atoms with E-state index in [0.717, 1.165) is 0 Å². The van der Waals surface area contributed by atoms with Crippen molar-refractivity contribution < 1.29 is 33.4 Å². The number of nitrogens with zero attached hydrogens (tertiary/aromatic N) is 2. The van der Waals surface area contributed by atoms with Gasteiger partial charge in [0.2, 0.25) is 17.7 Å². The maximum absolute atomic E-state index is 13.9. The van der Waals surface area contributed by atoms with Crippen LogP contribution in [0.1, 0.15) is 57.3 Å². The van der Waals surface area contributed by atoms with Crippen LogP contribution >= 0.6 is 0 Å². The molecule has 3 rings (SSSR count). The number of hydrogen-bond donors (Lipinski definition) is 2. The van der Waals surface area contributed by atoms with E-state index in [1.54, 1.807) is 74.6 Å². The normalized spacial score (nSPS) is 19.8. The van der Waals surface area contributed by atoms with Gasteiger partial charge in [-0.2, -0.15) is 0 Å². The first kappa shape index (κ1) is 35.2. The van der Waals surface area contributed by atoms with Crippen molar-refractivity contribution in [1.82, 2.24) is 20.4 Å². The Morgan fingerprint density at radius 2 is 1.67 bits per heavy atom. The van der Waals surface area contributed by atoms with Gasteiger partial charge in [-0.1, -0.05) is 45.9 Å². The van der Waals surface area contributed by atoms with Gasteiger partial charge in [-0.3, -0.25) is 19.2 Å². The van der Waals surface area contributed by atoms with Gasteiger partial charge in [0.15, 0.2) is 0 Å². The average Bonchev–Trinajstić information content (AvgIpc) is 3.01. The molecule has 0 saturated carbocycles. The third-order valence-corrected chi connectivity index (χ3v) is 7.75. The predicted octanol–water partition coefficient (Wildman–Crippen LogP) is 3.52. The van der Waals surface area contributed by atoms with Gasteiger partial charge in [-0.25, -0.2) is 0 Å². The summed E-state index contributed by atoms with van der Waals surface area (Å²) in [6, 6.07) is 11.6. The van der Waals surface area contributed by atoms with Crippen molar-refractivity contribution in [1.29, 1.82) is 0 Å². The molecular weight excluding hydrogens is 576 g/mol. The minimum atomic E-state index is -1.21. The molecule has 1 aliphatic heterocycles. The van der Waals surface area contributed by atoms with Crippen LogP contribution in [0.4, 0.5) is 0 Å². The Bertz CT molecular complexity index is 1310. The second-order valence-corrected chi connectivity index (χ2v) is 12.2. The highest BCUT2D eigenvalue weighted by Crippen LogP contribution is 2.23. The molecule has 11 nitrogen and oxygen atoms in total. The van der Waals surface area contributed by atoms with Crippen molar-refractivity contribution in [2.75, 3.05) is 41.0 Å². The van der Waals surface area contributed by atoms with Crippen LogP contribution in [0.15, 0.2) is 48.5 Å². The minimum Gasteiger partial charge on any atom is -0.497 e. The lowest BCUT2D eigenvalue weighted by Crippen LogP contribution is -2.55. The van der Waals surface area contributed by atoms with Crippen LogP contribution < -0.4 is 24.8 Å². The highest BCUT2D eigenvalue weighted by Gasteiger charge is 2.36. The highest BCUT2D eigenvalue weighted by atomic mass is 16.5. The zero-order valence-electron chi connectivity index (χ0n) is 27.5. The molecule has 0 aromatic heterocycles. The maximum atomic E-state index is 13.9. The van der Waals surface area contributed by atoms with Gasteiger partial charge in [-0.05, 0) is 48.9 Å². The number of carbonyl (C=O) groups is 4. The molecule has 4 amide bonds. The van der Waals surface area contributed by atoms with Gasteiger partial charge >= 0.3 is 0 Å². The summed E-state index contributed by atoms with van der Waals surface area (Å²) in [6.45, 7) is 8.57. The Morgan fingerprint density at radius 1 is 0.978 bits per heavy atom. The fraction of sp³-hybridized carbons (Fsp3) is 0.529. The standard InChI is InChI=1S/C34H48N4O7/c1-22(2)17-24-21-45-30-14-9-8-13-27(30)32(40)36-28(20-31(39)38(6)29(18-23(3)4)34(42)37(24)5)33(41)35-15-16-44-26-12-10-11-25(19-26)43-7/h8-14,19,22-24,28-29H,15-18,20-21H2,1-7H3,(H,35,41)(H,36,40)/t24-,28+,29+/m1/s1.